The molecule has 1 aliphatic rings. The van der Waals surface area contributed by atoms with Crippen LogP contribution >= 0.6 is 22.9 Å². The smallest absolute Gasteiger partial charge is 0.266 e. The van der Waals surface area contributed by atoms with Gasteiger partial charge in [0.05, 0.1) is 23.5 Å². The van der Waals surface area contributed by atoms with Gasteiger partial charge in [0, 0.05) is 23.8 Å². The van der Waals surface area contributed by atoms with E-state index in [-0.39, 0.29) is 5.91 Å². The maximum absolute atomic E-state index is 12.8. The normalized spacial score (nSPS) is 14.6. The van der Waals surface area contributed by atoms with Gasteiger partial charge in [-0.3, -0.25) is 4.79 Å². The molecule has 0 bridgehead atoms. The number of aryl methyl sites for hydroxylation is 1. The Labute approximate surface area is 159 Å². The number of fused-ring (bicyclic) bond motifs is 1. The standard InChI is InChI=1S/C18H17ClN4O2S/c1-11-14-16(23-5-7-25-8-6-23)20-10-21-18(14)26-15(11)17(24)22-13-4-2-3-12(19)9-13/h2-4,9-10H,5-8H2,1H3,(H,22,24). The van der Waals surface area contributed by atoms with Crippen LogP contribution in [-0.2, 0) is 4.74 Å². The summed E-state index contributed by atoms with van der Waals surface area (Å²) in [6.07, 6.45) is 1.56. The highest BCUT2D eigenvalue weighted by Gasteiger charge is 2.23. The molecule has 0 atom stereocenters. The molecule has 1 amide bonds. The average Bonchev–Trinajstić information content (AvgIpc) is 3.00. The Balaban J connectivity index is 1.70. The number of aromatic nitrogens is 2. The summed E-state index contributed by atoms with van der Waals surface area (Å²) in [4.78, 5) is 25.3. The van der Waals surface area contributed by atoms with Crippen LogP contribution in [0.1, 0.15) is 15.2 Å². The van der Waals surface area contributed by atoms with Gasteiger partial charge in [-0.25, -0.2) is 9.97 Å². The van der Waals surface area contributed by atoms with Crippen LogP contribution in [0.4, 0.5) is 11.5 Å². The lowest BCUT2D eigenvalue weighted by molar-refractivity contribution is 0.103. The average molecular weight is 389 g/mol. The Kier molecular flexibility index (Phi) is 4.76. The second-order valence-corrected chi connectivity index (χ2v) is 7.43. The van der Waals surface area contributed by atoms with Crippen molar-refractivity contribution in [2.45, 2.75) is 6.92 Å². The van der Waals surface area contributed by atoms with E-state index in [1.54, 1.807) is 24.5 Å². The van der Waals surface area contributed by atoms with E-state index in [9.17, 15) is 4.79 Å². The van der Waals surface area contributed by atoms with Gasteiger partial charge in [0.1, 0.15) is 17.0 Å². The van der Waals surface area contributed by atoms with Crippen LogP contribution in [0.15, 0.2) is 30.6 Å². The number of ether oxygens (including phenoxy) is 1. The Morgan fingerprint density at radius 3 is 2.88 bits per heavy atom. The maximum Gasteiger partial charge on any atom is 0.266 e. The second kappa shape index (κ2) is 7.19. The van der Waals surface area contributed by atoms with Crippen LogP contribution in [0.3, 0.4) is 0 Å². The van der Waals surface area contributed by atoms with E-state index in [1.807, 2.05) is 13.0 Å². The summed E-state index contributed by atoms with van der Waals surface area (Å²) in [7, 11) is 0. The number of carbonyl (C=O) groups is 1. The minimum atomic E-state index is -0.166. The fraction of sp³-hybridized carbons (Fsp3) is 0.278. The second-order valence-electron chi connectivity index (χ2n) is 6.00. The summed E-state index contributed by atoms with van der Waals surface area (Å²) in [5.74, 6) is 0.703. The number of thiophene rings is 1. The number of carbonyl (C=O) groups excluding carboxylic acids is 1. The largest absolute Gasteiger partial charge is 0.378 e. The highest BCUT2D eigenvalue weighted by molar-refractivity contribution is 7.20. The number of anilines is 2. The van der Waals surface area contributed by atoms with E-state index in [0.29, 0.717) is 28.8 Å². The topological polar surface area (TPSA) is 67.4 Å². The molecule has 3 aromatic rings. The summed E-state index contributed by atoms with van der Waals surface area (Å²) in [6.45, 7) is 4.86. The molecule has 6 nitrogen and oxygen atoms in total. The molecule has 0 spiro atoms. The van der Waals surface area contributed by atoms with Crippen molar-refractivity contribution in [1.82, 2.24) is 9.97 Å². The molecule has 26 heavy (non-hydrogen) atoms. The first-order valence-corrected chi connectivity index (χ1v) is 9.46. The Hall–Kier alpha value is -2.22. The minimum absolute atomic E-state index is 0.166. The molecule has 1 N–H and O–H groups in total. The quantitative estimate of drug-likeness (QED) is 0.740. The minimum Gasteiger partial charge on any atom is -0.378 e. The molecule has 2 aromatic heterocycles. The van der Waals surface area contributed by atoms with Gasteiger partial charge in [0.15, 0.2) is 0 Å². The molecule has 8 heteroatoms. The number of hydrogen-bond donors (Lipinski definition) is 1. The van der Waals surface area contributed by atoms with E-state index in [0.717, 1.165) is 34.7 Å². The van der Waals surface area contributed by atoms with Crippen molar-refractivity contribution in [3.63, 3.8) is 0 Å². The number of morpholine rings is 1. The lowest BCUT2D eigenvalue weighted by atomic mass is 10.2. The predicted octanol–water partition coefficient (Wildman–Crippen LogP) is 3.74. The molecule has 0 aliphatic carbocycles. The Morgan fingerprint density at radius 1 is 1.31 bits per heavy atom. The number of hydrogen-bond acceptors (Lipinski definition) is 6. The fourth-order valence-corrected chi connectivity index (χ4v) is 4.27. The molecule has 0 radical (unpaired) electrons. The van der Waals surface area contributed by atoms with Crippen molar-refractivity contribution in [3.8, 4) is 0 Å². The van der Waals surface area contributed by atoms with Crippen molar-refractivity contribution in [1.29, 1.82) is 0 Å². The number of benzene rings is 1. The molecular weight excluding hydrogens is 372 g/mol. The SMILES string of the molecule is Cc1c(C(=O)Nc2cccc(Cl)c2)sc2ncnc(N3CCOCC3)c12. The summed E-state index contributed by atoms with van der Waals surface area (Å²) in [5, 5.41) is 4.43. The van der Waals surface area contributed by atoms with Crippen molar-refractivity contribution >= 4 is 50.6 Å². The first kappa shape index (κ1) is 17.2. The van der Waals surface area contributed by atoms with E-state index >= 15 is 0 Å². The summed E-state index contributed by atoms with van der Waals surface area (Å²) in [6, 6.07) is 7.11. The van der Waals surface area contributed by atoms with Crippen LogP contribution in [0, 0.1) is 6.92 Å². The number of halogens is 1. The Morgan fingerprint density at radius 2 is 2.12 bits per heavy atom. The number of nitrogens with zero attached hydrogens (tertiary/aromatic N) is 3. The zero-order valence-electron chi connectivity index (χ0n) is 14.2. The van der Waals surface area contributed by atoms with Crippen molar-refractivity contribution in [3.05, 3.63) is 46.1 Å². The lowest BCUT2D eigenvalue weighted by Crippen LogP contribution is -2.36. The van der Waals surface area contributed by atoms with E-state index in [4.69, 9.17) is 16.3 Å². The third kappa shape index (κ3) is 3.25. The van der Waals surface area contributed by atoms with Crippen molar-refractivity contribution < 1.29 is 9.53 Å². The number of amides is 1. The van der Waals surface area contributed by atoms with Gasteiger partial charge in [-0.05, 0) is 30.7 Å². The van der Waals surface area contributed by atoms with Crippen LogP contribution in [-0.4, -0.2) is 42.2 Å². The third-order valence-electron chi connectivity index (χ3n) is 4.31. The predicted molar refractivity (Wildman–Crippen MR) is 105 cm³/mol. The molecular formula is C18H17ClN4O2S. The molecule has 0 saturated carbocycles. The van der Waals surface area contributed by atoms with Gasteiger partial charge < -0.3 is 15.0 Å². The number of nitrogens with one attached hydrogen (secondary N) is 1. The van der Waals surface area contributed by atoms with Crippen molar-refractivity contribution in [2.24, 2.45) is 0 Å². The fourth-order valence-electron chi connectivity index (χ4n) is 3.04. The first-order chi connectivity index (χ1) is 12.6. The van der Waals surface area contributed by atoms with Gasteiger partial charge in [0.2, 0.25) is 0 Å². The van der Waals surface area contributed by atoms with E-state index < -0.39 is 0 Å². The van der Waals surface area contributed by atoms with Crippen LogP contribution in [0.25, 0.3) is 10.2 Å². The summed E-state index contributed by atoms with van der Waals surface area (Å²) >= 11 is 7.37. The Bertz CT molecular complexity index is 969. The summed E-state index contributed by atoms with van der Waals surface area (Å²) in [5.41, 5.74) is 1.56. The van der Waals surface area contributed by atoms with Crippen LogP contribution in [0.5, 0.6) is 0 Å². The molecule has 134 valence electrons. The van der Waals surface area contributed by atoms with Gasteiger partial charge in [-0.2, -0.15) is 0 Å². The first-order valence-electron chi connectivity index (χ1n) is 8.27. The highest BCUT2D eigenvalue weighted by Crippen LogP contribution is 2.35. The van der Waals surface area contributed by atoms with Gasteiger partial charge >= 0.3 is 0 Å². The van der Waals surface area contributed by atoms with Gasteiger partial charge in [0.25, 0.3) is 5.91 Å². The van der Waals surface area contributed by atoms with Gasteiger partial charge in [-0.15, -0.1) is 11.3 Å². The van der Waals surface area contributed by atoms with Gasteiger partial charge in [-0.1, -0.05) is 17.7 Å². The van der Waals surface area contributed by atoms with Crippen LogP contribution in [0.2, 0.25) is 5.02 Å². The monoisotopic (exact) mass is 388 g/mol. The third-order valence-corrected chi connectivity index (χ3v) is 5.74. The number of rotatable bonds is 3. The van der Waals surface area contributed by atoms with Crippen molar-refractivity contribution in [2.75, 3.05) is 36.5 Å². The lowest BCUT2D eigenvalue weighted by Gasteiger charge is -2.28. The zero-order valence-corrected chi connectivity index (χ0v) is 15.7. The highest BCUT2D eigenvalue weighted by atomic mass is 35.5. The molecule has 3 heterocycles. The van der Waals surface area contributed by atoms with Crippen LogP contribution < -0.4 is 10.2 Å². The molecule has 1 saturated heterocycles. The maximum atomic E-state index is 12.8. The zero-order chi connectivity index (χ0) is 18.1. The molecule has 1 aliphatic heterocycles. The molecule has 0 unspecified atom stereocenters. The molecule has 1 fully saturated rings. The summed E-state index contributed by atoms with van der Waals surface area (Å²) < 4.78 is 5.43. The van der Waals surface area contributed by atoms with E-state index in [2.05, 4.69) is 20.2 Å². The van der Waals surface area contributed by atoms with E-state index in [1.165, 1.54) is 11.3 Å². The molecule has 1 aromatic carbocycles. The molecule has 4 rings (SSSR count).